The van der Waals surface area contributed by atoms with Crippen LogP contribution >= 0.6 is 0 Å². The average Bonchev–Trinajstić information content (AvgIpc) is 2.78. The average molecular weight is 276 g/mol. The van der Waals surface area contributed by atoms with E-state index >= 15 is 0 Å². The van der Waals surface area contributed by atoms with Crippen molar-refractivity contribution in [2.45, 2.75) is 52.4 Å². The molecule has 1 aromatic heterocycles. The van der Waals surface area contributed by atoms with Crippen LogP contribution in [0, 0.1) is 0 Å². The van der Waals surface area contributed by atoms with Crippen LogP contribution in [-0.2, 0) is 17.7 Å². The zero-order valence-electron chi connectivity index (χ0n) is 12.5. The van der Waals surface area contributed by atoms with Crippen molar-refractivity contribution in [2.75, 3.05) is 6.61 Å². The van der Waals surface area contributed by atoms with Crippen molar-refractivity contribution in [3.05, 3.63) is 30.1 Å². The van der Waals surface area contributed by atoms with E-state index in [4.69, 9.17) is 4.74 Å². The van der Waals surface area contributed by atoms with Gasteiger partial charge >= 0.3 is 0 Å². The van der Waals surface area contributed by atoms with E-state index in [9.17, 15) is 5.11 Å². The molecule has 0 spiro atoms. The summed E-state index contributed by atoms with van der Waals surface area (Å²) in [4.78, 5) is 4.66. The van der Waals surface area contributed by atoms with Crippen LogP contribution in [0.1, 0.15) is 33.0 Å². The lowest BCUT2D eigenvalue weighted by molar-refractivity contribution is -0.0218. The number of aliphatic hydroxyl groups is 1. The number of nitrogens with zero attached hydrogens (tertiary/aromatic N) is 2. The molecule has 0 fully saturated rings. The molecule has 2 aromatic rings. The molecule has 1 heterocycles. The maximum absolute atomic E-state index is 10.2. The minimum absolute atomic E-state index is 0.171. The van der Waals surface area contributed by atoms with E-state index < -0.39 is 6.10 Å². The Morgan fingerprint density at radius 2 is 2.05 bits per heavy atom. The quantitative estimate of drug-likeness (QED) is 0.846. The van der Waals surface area contributed by atoms with Gasteiger partial charge in [-0.1, -0.05) is 19.1 Å². The summed E-state index contributed by atoms with van der Waals surface area (Å²) in [7, 11) is 0. The standard InChI is InChI=1S/C16H24N2O2/c1-4-10-18-14-9-7-6-8-13(14)17-16(18)11-15(19)12(3)20-5-2/h6-9,12,15,19H,4-5,10-11H2,1-3H3. The summed E-state index contributed by atoms with van der Waals surface area (Å²) in [5.74, 6) is 0.937. The van der Waals surface area contributed by atoms with Gasteiger partial charge in [0.25, 0.3) is 0 Å². The van der Waals surface area contributed by atoms with Crippen molar-refractivity contribution in [3.63, 3.8) is 0 Å². The highest BCUT2D eigenvalue weighted by atomic mass is 16.5. The summed E-state index contributed by atoms with van der Waals surface area (Å²) in [5.41, 5.74) is 2.13. The predicted molar refractivity (Wildman–Crippen MR) is 80.8 cm³/mol. The van der Waals surface area contributed by atoms with Crippen molar-refractivity contribution in [2.24, 2.45) is 0 Å². The van der Waals surface area contributed by atoms with E-state index in [1.807, 2.05) is 32.0 Å². The molecule has 0 aliphatic heterocycles. The van der Waals surface area contributed by atoms with Gasteiger partial charge in [0.2, 0.25) is 0 Å². The Morgan fingerprint density at radius 1 is 1.30 bits per heavy atom. The molecule has 1 N–H and O–H groups in total. The zero-order chi connectivity index (χ0) is 14.5. The third-order valence-electron chi connectivity index (χ3n) is 3.54. The Hall–Kier alpha value is -1.39. The molecule has 0 saturated heterocycles. The number of rotatable bonds is 7. The number of aromatic nitrogens is 2. The number of hydrogen-bond donors (Lipinski definition) is 1. The van der Waals surface area contributed by atoms with Crippen molar-refractivity contribution in [1.29, 1.82) is 0 Å². The zero-order valence-corrected chi connectivity index (χ0v) is 12.5. The minimum atomic E-state index is -0.526. The molecule has 2 rings (SSSR count). The van der Waals surface area contributed by atoms with Crippen LogP contribution in [0.25, 0.3) is 11.0 Å². The largest absolute Gasteiger partial charge is 0.390 e. The second kappa shape index (κ2) is 6.86. The first-order valence-electron chi connectivity index (χ1n) is 7.41. The summed E-state index contributed by atoms with van der Waals surface area (Å²) < 4.78 is 7.67. The molecule has 0 aliphatic rings. The van der Waals surface area contributed by atoms with Crippen molar-refractivity contribution in [1.82, 2.24) is 9.55 Å². The highest BCUT2D eigenvalue weighted by molar-refractivity contribution is 5.75. The first-order valence-corrected chi connectivity index (χ1v) is 7.41. The summed E-state index contributed by atoms with van der Waals surface area (Å²) in [6.45, 7) is 7.53. The molecule has 4 nitrogen and oxygen atoms in total. The molecule has 110 valence electrons. The smallest absolute Gasteiger partial charge is 0.112 e. The molecule has 0 aliphatic carbocycles. The van der Waals surface area contributed by atoms with Gasteiger partial charge in [-0.15, -0.1) is 0 Å². The van der Waals surface area contributed by atoms with Crippen molar-refractivity contribution >= 4 is 11.0 Å². The van der Waals surface area contributed by atoms with Crippen molar-refractivity contribution < 1.29 is 9.84 Å². The Balaban J connectivity index is 2.26. The molecule has 0 bridgehead atoms. The minimum Gasteiger partial charge on any atom is -0.390 e. The molecular formula is C16H24N2O2. The maximum atomic E-state index is 10.2. The number of hydrogen-bond acceptors (Lipinski definition) is 3. The SMILES string of the molecule is CCCn1c(CC(O)C(C)OCC)nc2ccccc21. The van der Waals surface area contributed by atoms with Gasteiger partial charge in [0, 0.05) is 19.6 Å². The van der Waals surface area contributed by atoms with Gasteiger partial charge in [0.05, 0.1) is 23.2 Å². The fourth-order valence-corrected chi connectivity index (χ4v) is 2.48. The third-order valence-corrected chi connectivity index (χ3v) is 3.54. The van der Waals surface area contributed by atoms with E-state index in [0.717, 1.165) is 29.8 Å². The lowest BCUT2D eigenvalue weighted by Crippen LogP contribution is -2.29. The molecule has 1 aromatic carbocycles. The molecule has 0 radical (unpaired) electrons. The van der Waals surface area contributed by atoms with Gasteiger partial charge in [-0.3, -0.25) is 0 Å². The topological polar surface area (TPSA) is 47.3 Å². The van der Waals surface area contributed by atoms with Gasteiger partial charge in [-0.05, 0) is 32.4 Å². The Bertz CT molecular complexity index is 550. The molecule has 2 unspecified atom stereocenters. The molecule has 4 heteroatoms. The van der Waals surface area contributed by atoms with E-state index in [2.05, 4.69) is 22.5 Å². The van der Waals surface area contributed by atoms with Gasteiger partial charge in [-0.2, -0.15) is 0 Å². The number of fused-ring (bicyclic) bond motifs is 1. The number of benzene rings is 1. The highest BCUT2D eigenvalue weighted by Crippen LogP contribution is 2.18. The molecule has 0 saturated carbocycles. The van der Waals surface area contributed by atoms with E-state index in [1.54, 1.807) is 0 Å². The number of para-hydroxylation sites is 2. The summed E-state index contributed by atoms with van der Waals surface area (Å²) in [6.07, 6.45) is 0.873. The van der Waals surface area contributed by atoms with Crippen LogP contribution < -0.4 is 0 Å². The van der Waals surface area contributed by atoms with Crippen LogP contribution in [0.3, 0.4) is 0 Å². The van der Waals surface area contributed by atoms with Crippen LogP contribution in [0.15, 0.2) is 24.3 Å². The summed E-state index contributed by atoms with van der Waals surface area (Å²) in [5, 5.41) is 10.2. The normalized spacial score (nSPS) is 14.6. The van der Waals surface area contributed by atoms with E-state index in [-0.39, 0.29) is 6.10 Å². The van der Waals surface area contributed by atoms with E-state index in [0.29, 0.717) is 13.0 Å². The fraction of sp³-hybridized carbons (Fsp3) is 0.562. The summed E-state index contributed by atoms with van der Waals surface area (Å²) >= 11 is 0. The van der Waals surface area contributed by atoms with Crippen molar-refractivity contribution in [3.8, 4) is 0 Å². The maximum Gasteiger partial charge on any atom is 0.112 e. The fourth-order valence-electron chi connectivity index (χ4n) is 2.48. The van der Waals surface area contributed by atoms with Gasteiger partial charge in [0.15, 0.2) is 0 Å². The highest BCUT2D eigenvalue weighted by Gasteiger charge is 2.19. The molecule has 20 heavy (non-hydrogen) atoms. The Morgan fingerprint density at radius 3 is 2.75 bits per heavy atom. The number of aryl methyl sites for hydroxylation is 1. The lowest BCUT2D eigenvalue weighted by Gasteiger charge is -2.19. The third kappa shape index (κ3) is 3.19. The van der Waals surface area contributed by atoms with Gasteiger partial charge in [-0.25, -0.2) is 4.98 Å². The lowest BCUT2D eigenvalue weighted by atomic mass is 10.1. The first-order chi connectivity index (χ1) is 9.67. The molecular weight excluding hydrogens is 252 g/mol. The van der Waals surface area contributed by atoms with Crippen LogP contribution in [0.5, 0.6) is 0 Å². The first kappa shape index (κ1) is 15.0. The molecule has 2 atom stereocenters. The second-order valence-electron chi connectivity index (χ2n) is 5.10. The summed E-state index contributed by atoms with van der Waals surface area (Å²) in [6, 6.07) is 8.12. The monoisotopic (exact) mass is 276 g/mol. The van der Waals surface area contributed by atoms with Crippen LogP contribution in [0.4, 0.5) is 0 Å². The van der Waals surface area contributed by atoms with Crippen LogP contribution in [0.2, 0.25) is 0 Å². The number of imidazole rings is 1. The Labute approximate surface area is 120 Å². The van der Waals surface area contributed by atoms with Crippen LogP contribution in [-0.4, -0.2) is 33.5 Å². The predicted octanol–water partition coefficient (Wildman–Crippen LogP) is 2.77. The number of aliphatic hydroxyl groups excluding tert-OH is 1. The Kier molecular flexibility index (Phi) is 5.15. The van der Waals surface area contributed by atoms with Gasteiger partial charge < -0.3 is 14.4 Å². The number of ether oxygens (including phenoxy) is 1. The second-order valence-corrected chi connectivity index (χ2v) is 5.10. The van der Waals surface area contributed by atoms with Gasteiger partial charge in [0.1, 0.15) is 5.82 Å². The molecule has 0 amide bonds. The van der Waals surface area contributed by atoms with E-state index in [1.165, 1.54) is 0 Å².